The van der Waals surface area contributed by atoms with E-state index in [0.717, 1.165) is 19.3 Å². The van der Waals surface area contributed by atoms with Gasteiger partial charge in [-0.1, -0.05) is 34.1 Å². The van der Waals surface area contributed by atoms with Crippen molar-refractivity contribution in [1.82, 2.24) is 0 Å². The lowest BCUT2D eigenvalue weighted by molar-refractivity contribution is -0.0586. The molecule has 0 aliphatic heterocycles. The molecule has 1 atom stereocenters. The van der Waals surface area contributed by atoms with E-state index in [1.54, 1.807) is 0 Å². The molecule has 0 aliphatic carbocycles. The first-order valence-electron chi connectivity index (χ1n) is 4.59. The molecule has 1 nitrogen and oxygen atoms in total. The molecule has 0 aromatic rings. The smallest absolute Gasteiger partial charge is 0.0667 e. The molecule has 68 valence electrons. The molecule has 0 spiro atoms. The van der Waals surface area contributed by atoms with Gasteiger partial charge in [0.1, 0.15) is 0 Å². The summed E-state index contributed by atoms with van der Waals surface area (Å²) >= 11 is 0. The van der Waals surface area contributed by atoms with Crippen molar-refractivity contribution in [2.75, 3.05) is 0 Å². The van der Waals surface area contributed by atoms with Crippen LogP contribution in [-0.2, 0) is 0 Å². The Morgan fingerprint density at radius 3 is 1.82 bits per heavy atom. The molecule has 0 saturated carbocycles. The maximum Gasteiger partial charge on any atom is 0.0667 e. The molecular weight excluding hydrogens is 136 g/mol. The topological polar surface area (TPSA) is 20.2 Å². The SMILES string of the molecule is CCCC(C)(C)C(C)(O)CC. The van der Waals surface area contributed by atoms with Gasteiger partial charge in [0, 0.05) is 0 Å². The van der Waals surface area contributed by atoms with Crippen LogP contribution in [0.3, 0.4) is 0 Å². The zero-order valence-electron chi connectivity index (χ0n) is 8.57. The van der Waals surface area contributed by atoms with Gasteiger partial charge in [-0.15, -0.1) is 0 Å². The van der Waals surface area contributed by atoms with E-state index < -0.39 is 5.60 Å². The number of hydrogen-bond donors (Lipinski definition) is 1. The summed E-state index contributed by atoms with van der Waals surface area (Å²) in [7, 11) is 0. The fraction of sp³-hybridized carbons (Fsp3) is 1.00. The van der Waals surface area contributed by atoms with Gasteiger partial charge in [-0.2, -0.15) is 0 Å². The molecule has 1 heteroatoms. The van der Waals surface area contributed by atoms with Crippen LogP contribution in [0.4, 0.5) is 0 Å². The minimum absolute atomic E-state index is 0.0521. The summed E-state index contributed by atoms with van der Waals surface area (Å²) in [5.74, 6) is 0. The minimum atomic E-state index is -0.511. The Balaban J connectivity index is 4.26. The monoisotopic (exact) mass is 158 g/mol. The highest BCUT2D eigenvalue weighted by molar-refractivity contribution is 4.87. The molecule has 0 aromatic carbocycles. The van der Waals surface area contributed by atoms with Crippen molar-refractivity contribution in [3.05, 3.63) is 0 Å². The highest BCUT2D eigenvalue weighted by Gasteiger charge is 2.36. The summed E-state index contributed by atoms with van der Waals surface area (Å²) in [6.45, 7) is 10.4. The molecule has 0 aromatic heterocycles. The minimum Gasteiger partial charge on any atom is -0.390 e. The molecule has 11 heavy (non-hydrogen) atoms. The Kier molecular flexibility index (Phi) is 3.56. The van der Waals surface area contributed by atoms with Crippen LogP contribution in [0.5, 0.6) is 0 Å². The Hall–Kier alpha value is -0.0400. The maximum absolute atomic E-state index is 9.98. The van der Waals surface area contributed by atoms with Gasteiger partial charge in [0.2, 0.25) is 0 Å². The van der Waals surface area contributed by atoms with Crippen LogP contribution in [0.2, 0.25) is 0 Å². The molecular formula is C10H22O. The van der Waals surface area contributed by atoms with Crippen molar-refractivity contribution in [2.24, 2.45) is 5.41 Å². The normalized spacial score (nSPS) is 18.0. The average molecular weight is 158 g/mol. The molecule has 0 rings (SSSR count). The zero-order chi connectivity index (χ0) is 9.12. The summed E-state index contributed by atoms with van der Waals surface area (Å²) in [6, 6.07) is 0. The van der Waals surface area contributed by atoms with Gasteiger partial charge >= 0.3 is 0 Å². The molecule has 0 fully saturated rings. The van der Waals surface area contributed by atoms with Crippen molar-refractivity contribution >= 4 is 0 Å². The van der Waals surface area contributed by atoms with Crippen molar-refractivity contribution in [1.29, 1.82) is 0 Å². The Morgan fingerprint density at radius 1 is 1.09 bits per heavy atom. The predicted molar refractivity (Wildman–Crippen MR) is 49.6 cm³/mol. The standard InChI is InChI=1S/C10H22O/c1-6-8-9(3,4)10(5,11)7-2/h11H,6-8H2,1-5H3. The summed E-state index contributed by atoms with van der Waals surface area (Å²) < 4.78 is 0. The van der Waals surface area contributed by atoms with Crippen LogP contribution in [0.1, 0.15) is 53.9 Å². The molecule has 0 amide bonds. The molecule has 0 heterocycles. The van der Waals surface area contributed by atoms with Crippen LogP contribution < -0.4 is 0 Å². The van der Waals surface area contributed by atoms with Crippen molar-refractivity contribution in [3.8, 4) is 0 Å². The van der Waals surface area contributed by atoms with E-state index in [4.69, 9.17) is 0 Å². The highest BCUT2D eigenvalue weighted by atomic mass is 16.3. The second-order valence-electron chi connectivity index (χ2n) is 4.26. The third-order valence-corrected chi connectivity index (χ3v) is 3.02. The first kappa shape index (κ1) is 11.0. The van der Waals surface area contributed by atoms with Crippen LogP contribution in [0.25, 0.3) is 0 Å². The van der Waals surface area contributed by atoms with Crippen LogP contribution >= 0.6 is 0 Å². The van der Waals surface area contributed by atoms with Gasteiger partial charge in [0.25, 0.3) is 0 Å². The van der Waals surface area contributed by atoms with Gasteiger partial charge in [0.15, 0.2) is 0 Å². The number of rotatable bonds is 4. The Labute approximate surface area is 70.8 Å². The lowest BCUT2D eigenvalue weighted by atomic mass is 9.72. The summed E-state index contributed by atoms with van der Waals surface area (Å²) in [5.41, 5.74) is -0.459. The van der Waals surface area contributed by atoms with E-state index in [1.807, 2.05) is 13.8 Å². The van der Waals surface area contributed by atoms with Gasteiger partial charge in [0.05, 0.1) is 5.60 Å². The fourth-order valence-corrected chi connectivity index (χ4v) is 1.37. The fourth-order valence-electron chi connectivity index (χ4n) is 1.37. The lowest BCUT2D eigenvalue weighted by Crippen LogP contribution is -2.41. The highest BCUT2D eigenvalue weighted by Crippen LogP contribution is 2.37. The quantitative estimate of drug-likeness (QED) is 0.667. The Bertz CT molecular complexity index is 114. The lowest BCUT2D eigenvalue weighted by Gasteiger charge is -2.39. The van der Waals surface area contributed by atoms with Gasteiger partial charge in [-0.25, -0.2) is 0 Å². The van der Waals surface area contributed by atoms with Crippen LogP contribution in [0, 0.1) is 5.41 Å². The average Bonchev–Trinajstić information content (AvgIpc) is 1.87. The first-order valence-corrected chi connectivity index (χ1v) is 4.59. The maximum atomic E-state index is 9.98. The van der Waals surface area contributed by atoms with E-state index in [2.05, 4.69) is 20.8 Å². The van der Waals surface area contributed by atoms with Crippen LogP contribution in [-0.4, -0.2) is 10.7 Å². The third kappa shape index (κ3) is 2.48. The Morgan fingerprint density at radius 2 is 1.55 bits per heavy atom. The van der Waals surface area contributed by atoms with Crippen LogP contribution in [0.15, 0.2) is 0 Å². The zero-order valence-corrected chi connectivity index (χ0v) is 8.57. The predicted octanol–water partition coefficient (Wildman–Crippen LogP) is 2.97. The molecule has 0 aliphatic rings. The van der Waals surface area contributed by atoms with E-state index in [1.165, 1.54) is 0 Å². The summed E-state index contributed by atoms with van der Waals surface area (Å²) in [5, 5.41) is 9.98. The van der Waals surface area contributed by atoms with Gasteiger partial charge in [-0.05, 0) is 25.2 Å². The molecule has 0 bridgehead atoms. The summed E-state index contributed by atoms with van der Waals surface area (Å²) in [4.78, 5) is 0. The molecule has 1 unspecified atom stereocenters. The van der Waals surface area contributed by atoms with Crippen molar-refractivity contribution < 1.29 is 5.11 Å². The third-order valence-electron chi connectivity index (χ3n) is 3.02. The van der Waals surface area contributed by atoms with Gasteiger partial charge in [-0.3, -0.25) is 0 Å². The number of hydrogen-bond acceptors (Lipinski definition) is 1. The van der Waals surface area contributed by atoms with Gasteiger partial charge < -0.3 is 5.11 Å². The van der Waals surface area contributed by atoms with E-state index in [9.17, 15) is 5.11 Å². The van der Waals surface area contributed by atoms with Crippen molar-refractivity contribution in [3.63, 3.8) is 0 Å². The largest absolute Gasteiger partial charge is 0.390 e. The number of aliphatic hydroxyl groups is 1. The van der Waals surface area contributed by atoms with E-state index >= 15 is 0 Å². The molecule has 1 N–H and O–H groups in total. The summed E-state index contributed by atoms with van der Waals surface area (Å²) in [6.07, 6.45) is 3.07. The van der Waals surface area contributed by atoms with Crippen molar-refractivity contribution in [2.45, 2.75) is 59.5 Å². The molecule has 0 radical (unpaired) electrons. The first-order chi connectivity index (χ1) is 4.87. The second kappa shape index (κ2) is 3.57. The second-order valence-corrected chi connectivity index (χ2v) is 4.26. The molecule has 0 saturated heterocycles. The van der Waals surface area contributed by atoms with E-state index in [0.29, 0.717) is 0 Å². The van der Waals surface area contributed by atoms with E-state index in [-0.39, 0.29) is 5.41 Å².